The van der Waals surface area contributed by atoms with Crippen molar-refractivity contribution >= 4 is 5.91 Å². The third-order valence-corrected chi connectivity index (χ3v) is 11.8. The molecule has 0 aromatic rings. The van der Waals surface area contributed by atoms with Gasteiger partial charge in [0.2, 0.25) is 5.91 Å². The van der Waals surface area contributed by atoms with E-state index in [0.29, 0.717) is 6.42 Å². The van der Waals surface area contributed by atoms with E-state index in [1.54, 1.807) is 6.08 Å². The van der Waals surface area contributed by atoms with E-state index >= 15 is 0 Å². The van der Waals surface area contributed by atoms with Gasteiger partial charge in [-0.2, -0.15) is 0 Å². The Morgan fingerprint density at radius 2 is 1.00 bits per heavy atom. The molecule has 0 radical (unpaired) electrons. The lowest BCUT2D eigenvalue weighted by molar-refractivity contribution is -0.302. The number of hydrogen-bond acceptors (Lipinski definition) is 8. The van der Waals surface area contributed by atoms with Crippen molar-refractivity contribution in [1.82, 2.24) is 5.32 Å². The lowest BCUT2D eigenvalue weighted by Crippen LogP contribution is -2.60. The van der Waals surface area contributed by atoms with Gasteiger partial charge in [0.25, 0.3) is 0 Å². The Balaban J connectivity index is 2.29. The van der Waals surface area contributed by atoms with Crippen LogP contribution in [0.3, 0.4) is 0 Å². The molecule has 1 fully saturated rings. The molecule has 9 heteroatoms. The van der Waals surface area contributed by atoms with E-state index in [4.69, 9.17) is 9.47 Å². The standard InChI is InChI=1S/C54H95NO8/c1-3-5-7-9-11-13-15-17-18-19-20-21-22-23-24-25-26-27-28-29-30-32-33-35-37-39-41-43-48(57)47(46-62-54-53(61)52(60)51(59)49(45-56)63-54)55-50(58)44-42-40-38-36-34-31-16-14-12-10-8-6-4-2/h6,8,12,14,31,33-35,38,40-41,43,47-49,51-54,56-57,59-61H,3-5,7,9-11,13,15-30,32,36-37,39,42,44-46H2,1-2H3,(H,55,58)/b8-6-,14-12-,34-31-,35-33+,40-38-,43-41+. The number of aliphatic hydroxyl groups excluding tert-OH is 5. The van der Waals surface area contributed by atoms with Crippen LogP contribution in [0.4, 0.5) is 0 Å². The highest BCUT2D eigenvalue weighted by Crippen LogP contribution is 2.22. The number of nitrogens with one attached hydrogen (secondary N) is 1. The molecule has 0 bridgehead atoms. The largest absolute Gasteiger partial charge is 0.394 e. The Labute approximate surface area is 385 Å². The van der Waals surface area contributed by atoms with Crippen molar-refractivity contribution in [2.24, 2.45) is 0 Å². The van der Waals surface area contributed by atoms with Crippen LogP contribution < -0.4 is 5.32 Å². The summed E-state index contributed by atoms with van der Waals surface area (Å²) in [6, 6.07) is -0.863. The summed E-state index contributed by atoms with van der Waals surface area (Å²) in [5.41, 5.74) is 0. The van der Waals surface area contributed by atoms with Crippen molar-refractivity contribution < 1.29 is 39.8 Å². The fourth-order valence-corrected chi connectivity index (χ4v) is 7.71. The van der Waals surface area contributed by atoms with E-state index < -0.39 is 49.5 Å². The first-order valence-electron chi connectivity index (χ1n) is 25.7. The molecule has 1 aliphatic rings. The Morgan fingerprint density at radius 1 is 0.556 bits per heavy atom. The smallest absolute Gasteiger partial charge is 0.220 e. The van der Waals surface area contributed by atoms with Crippen molar-refractivity contribution in [2.75, 3.05) is 13.2 Å². The highest BCUT2D eigenvalue weighted by molar-refractivity contribution is 5.76. The highest BCUT2D eigenvalue weighted by atomic mass is 16.7. The summed E-state index contributed by atoms with van der Waals surface area (Å²) in [7, 11) is 0. The molecule has 6 N–H and O–H groups in total. The third kappa shape index (κ3) is 33.7. The van der Waals surface area contributed by atoms with Crippen molar-refractivity contribution in [3.05, 3.63) is 72.9 Å². The fourth-order valence-electron chi connectivity index (χ4n) is 7.71. The van der Waals surface area contributed by atoms with Gasteiger partial charge in [0.1, 0.15) is 24.4 Å². The average Bonchev–Trinajstić information content (AvgIpc) is 3.28. The molecule has 0 aromatic carbocycles. The van der Waals surface area contributed by atoms with E-state index in [1.807, 2.05) is 18.2 Å². The Morgan fingerprint density at radius 3 is 1.51 bits per heavy atom. The van der Waals surface area contributed by atoms with Crippen LogP contribution in [-0.2, 0) is 14.3 Å². The van der Waals surface area contributed by atoms with E-state index in [9.17, 15) is 30.3 Å². The molecular formula is C54H95NO8. The maximum Gasteiger partial charge on any atom is 0.220 e. The normalized spacial score (nSPS) is 20.8. The molecule has 0 spiro atoms. The molecule has 7 atom stereocenters. The second-order valence-corrected chi connectivity index (χ2v) is 17.6. The van der Waals surface area contributed by atoms with E-state index in [-0.39, 0.29) is 18.9 Å². The Hall–Kier alpha value is -2.37. The van der Waals surface area contributed by atoms with Crippen molar-refractivity contribution in [3.63, 3.8) is 0 Å². The monoisotopic (exact) mass is 886 g/mol. The van der Waals surface area contributed by atoms with Crippen LogP contribution >= 0.6 is 0 Å². The molecule has 1 heterocycles. The van der Waals surface area contributed by atoms with Gasteiger partial charge in [-0.05, 0) is 57.8 Å². The maximum absolute atomic E-state index is 12.9. The van der Waals surface area contributed by atoms with Gasteiger partial charge in [-0.15, -0.1) is 0 Å². The number of allylic oxidation sites excluding steroid dienone is 11. The number of unbranched alkanes of at least 4 members (excludes halogenated alkanes) is 22. The molecule has 1 saturated heterocycles. The number of ether oxygens (including phenoxy) is 2. The number of aliphatic hydroxyl groups is 5. The van der Waals surface area contributed by atoms with E-state index in [2.05, 4.69) is 67.8 Å². The van der Waals surface area contributed by atoms with Gasteiger partial charge in [0.05, 0.1) is 25.4 Å². The van der Waals surface area contributed by atoms with Gasteiger partial charge >= 0.3 is 0 Å². The van der Waals surface area contributed by atoms with Crippen LogP contribution in [0.15, 0.2) is 72.9 Å². The molecule has 7 unspecified atom stereocenters. The van der Waals surface area contributed by atoms with Crippen molar-refractivity contribution in [2.45, 2.75) is 249 Å². The van der Waals surface area contributed by atoms with Gasteiger partial charge in [0, 0.05) is 6.42 Å². The predicted octanol–water partition coefficient (Wildman–Crippen LogP) is 11.7. The van der Waals surface area contributed by atoms with Gasteiger partial charge in [-0.1, -0.05) is 215 Å². The van der Waals surface area contributed by atoms with Crippen LogP contribution in [0.1, 0.15) is 206 Å². The molecule has 0 saturated carbocycles. The zero-order valence-corrected chi connectivity index (χ0v) is 40.1. The Bertz CT molecular complexity index is 1210. The van der Waals surface area contributed by atoms with Crippen molar-refractivity contribution in [1.29, 1.82) is 0 Å². The number of amides is 1. The van der Waals surface area contributed by atoms with Gasteiger partial charge < -0.3 is 40.3 Å². The van der Waals surface area contributed by atoms with E-state index in [1.165, 1.54) is 135 Å². The minimum absolute atomic E-state index is 0.214. The minimum atomic E-state index is -1.59. The summed E-state index contributed by atoms with van der Waals surface area (Å²) in [4.78, 5) is 12.9. The quantitative estimate of drug-likeness (QED) is 0.0262. The first kappa shape index (κ1) is 58.6. The summed E-state index contributed by atoms with van der Waals surface area (Å²) >= 11 is 0. The molecule has 0 aliphatic carbocycles. The summed E-state index contributed by atoms with van der Waals surface area (Å²) in [6.07, 6.45) is 52.8. The molecule has 9 nitrogen and oxygen atoms in total. The zero-order valence-electron chi connectivity index (χ0n) is 40.1. The first-order valence-corrected chi connectivity index (χ1v) is 25.7. The van der Waals surface area contributed by atoms with Crippen molar-refractivity contribution in [3.8, 4) is 0 Å². The number of carbonyl (C=O) groups is 1. The minimum Gasteiger partial charge on any atom is -0.394 e. The zero-order chi connectivity index (χ0) is 45.9. The second kappa shape index (κ2) is 43.5. The molecule has 364 valence electrons. The third-order valence-electron chi connectivity index (χ3n) is 11.8. The maximum atomic E-state index is 12.9. The van der Waals surface area contributed by atoms with Crippen LogP contribution in [-0.4, -0.2) is 87.5 Å². The van der Waals surface area contributed by atoms with Crippen LogP contribution in [0.5, 0.6) is 0 Å². The molecule has 1 rings (SSSR count). The molecule has 63 heavy (non-hydrogen) atoms. The lowest BCUT2D eigenvalue weighted by atomic mass is 9.99. The van der Waals surface area contributed by atoms with Crippen LogP contribution in [0, 0.1) is 0 Å². The molecule has 0 aromatic heterocycles. The lowest BCUT2D eigenvalue weighted by Gasteiger charge is -2.40. The van der Waals surface area contributed by atoms with E-state index in [0.717, 1.165) is 44.9 Å². The summed E-state index contributed by atoms with van der Waals surface area (Å²) in [5, 5.41) is 54.2. The summed E-state index contributed by atoms with van der Waals surface area (Å²) < 4.78 is 11.2. The molecule has 1 aliphatic heterocycles. The second-order valence-electron chi connectivity index (χ2n) is 17.6. The number of hydrogen-bond donors (Lipinski definition) is 6. The molecule has 1 amide bonds. The highest BCUT2D eigenvalue weighted by Gasteiger charge is 2.44. The van der Waals surface area contributed by atoms with Crippen LogP contribution in [0.2, 0.25) is 0 Å². The summed E-state index contributed by atoms with van der Waals surface area (Å²) in [5.74, 6) is -0.268. The average molecular weight is 886 g/mol. The topological polar surface area (TPSA) is 149 Å². The Kier molecular flexibility index (Phi) is 40.5. The summed E-state index contributed by atoms with van der Waals surface area (Å²) in [6.45, 7) is 3.60. The number of rotatable bonds is 42. The van der Waals surface area contributed by atoms with Crippen LogP contribution in [0.25, 0.3) is 0 Å². The molecular weight excluding hydrogens is 791 g/mol. The van der Waals surface area contributed by atoms with Gasteiger partial charge in [-0.3, -0.25) is 4.79 Å². The first-order chi connectivity index (χ1) is 30.8. The van der Waals surface area contributed by atoms with Gasteiger partial charge in [0.15, 0.2) is 6.29 Å². The predicted molar refractivity (Wildman–Crippen MR) is 262 cm³/mol. The van der Waals surface area contributed by atoms with Gasteiger partial charge in [-0.25, -0.2) is 0 Å². The fraction of sp³-hybridized carbons (Fsp3) is 0.759. The number of carbonyl (C=O) groups excluding carboxylic acids is 1. The SMILES string of the molecule is CC/C=C\C/C=C\C/C=C\C/C=C\CCC(=O)NC(COC1OC(CO)C(O)C(O)C1O)C(O)/C=C/CC/C=C/CCCCCCCCCCCCCCCCCCCCCCC.